The summed E-state index contributed by atoms with van der Waals surface area (Å²) in [6, 6.07) is 0. The van der Waals surface area contributed by atoms with Gasteiger partial charge in [0.2, 0.25) is 0 Å². The van der Waals surface area contributed by atoms with Gasteiger partial charge in [0.15, 0.2) is 6.10 Å². The maximum Gasteiger partial charge on any atom is 0.306 e. The first-order valence-corrected chi connectivity index (χ1v) is 26.0. The average Bonchev–Trinajstić information content (AvgIpc) is 3.24. The van der Waals surface area contributed by atoms with Crippen molar-refractivity contribution in [2.24, 2.45) is 0 Å². The molecule has 0 bridgehead atoms. The van der Waals surface area contributed by atoms with Crippen LogP contribution in [0.1, 0.15) is 271 Å². The third kappa shape index (κ3) is 46.7. The number of allylic oxidation sites excluding steroid dienone is 6. The zero-order valence-electron chi connectivity index (χ0n) is 40.0. The van der Waals surface area contributed by atoms with Crippen LogP contribution in [0.2, 0.25) is 0 Å². The van der Waals surface area contributed by atoms with Crippen molar-refractivity contribution >= 4 is 17.9 Å². The normalized spacial score (nSPS) is 12.2. The number of ether oxygens (including phenoxy) is 3. The second-order valence-corrected chi connectivity index (χ2v) is 17.5. The molecule has 0 radical (unpaired) electrons. The van der Waals surface area contributed by atoms with Gasteiger partial charge in [-0.3, -0.25) is 14.4 Å². The summed E-state index contributed by atoms with van der Waals surface area (Å²) in [5, 5.41) is 0. The summed E-state index contributed by atoms with van der Waals surface area (Å²) in [7, 11) is 0. The third-order valence-corrected chi connectivity index (χ3v) is 11.5. The lowest BCUT2D eigenvalue weighted by Crippen LogP contribution is -2.30. The summed E-state index contributed by atoms with van der Waals surface area (Å²) >= 11 is 0. The summed E-state index contributed by atoms with van der Waals surface area (Å²) < 4.78 is 16.8. The van der Waals surface area contributed by atoms with E-state index in [0.717, 1.165) is 70.6 Å². The Balaban J connectivity index is 4.28. The average molecular weight is 843 g/mol. The van der Waals surface area contributed by atoms with Gasteiger partial charge >= 0.3 is 17.9 Å². The van der Waals surface area contributed by atoms with Crippen LogP contribution in [-0.4, -0.2) is 37.2 Å². The summed E-state index contributed by atoms with van der Waals surface area (Å²) in [5.41, 5.74) is 0. The molecule has 0 aliphatic heterocycles. The standard InChI is InChI=1S/C54H98O6/c1-4-7-10-13-16-19-21-23-25-26-27-29-30-32-35-38-41-44-47-53(56)59-50-51(49-58-52(55)46-43-40-37-34-18-15-12-9-6-3)60-54(57)48-45-42-39-36-33-31-28-24-22-20-17-14-11-8-5-2/h8,11,14,17,20,22,51H,4-7,9-10,12-13,15-16,18-19,21,23-50H2,1-3H3/b11-8-,17-14-,22-20-. The molecule has 0 saturated carbocycles. The van der Waals surface area contributed by atoms with Crippen LogP contribution in [0.5, 0.6) is 0 Å². The molecule has 6 heteroatoms. The maximum absolute atomic E-state index is 12.8. The van der Waals surface area contributed by atoms with Gasteiger partial charge in [-0.1, -0.05) is 250 Å². The minimum atomic E-state index is -0.772. The van der Waals surface area contributed by atoms with E-state index < -0.39 is 6.10 Å². The molecule has 0 aliphatic carbocycles. The van der Waals surface area contributed by atoms with Gasteiger partial charge in [-0.2, -0.15) is 0 Å². The zero-order valence-corrected chi connectivity index (χ0v) is 40.0. The molecule has 0 aromatic rings. The highest BCUT2D eigenvalue weighted by molar-refractivity contribution is 5.71. The Kier molecular flexibility index (Phi) is 47.3. The second-order valence-electron chi connectivity index (χ2n) is 17.5. The lowest BCUT2D eigenvalue weighted by atomic mass is 10.0. The lowest BCUT2D eigenvalue weighted by molar-refractivity contribution is -0.167. The molecule has 0 rings (SSSR count). The van der Waals surface area contributed by atoms with Gasteiger partial charge < -0.3 is 14.2 Å². The fourth-order valence-electron chi connectivity index (χ4n) is 7.56. The molecule has 0 aromatic heterocycles. The Hall–Kier alpha value is -2.37. The molecule has 0 spiro atoms. The van der Waals surface area contributed by atoms with E-state index in [9.17, 15) is 14.4 Å². The topological polar surface area (TPSA) is 78.9 Å². The Labute approximate surface area is 372 Å². The number of esters is 3. The first kappa shape index (κ1) is 57.6. The molecule has 6 nitrogen and oxygen atoms in total. The van der Waals surface area contributed by atoms with E-state index in [1.165, 1.54) is 161 Å². The predicted octanol–water partition coefficient (Wildman–Crippen LogP) is 16.9. The summed E-state index contributed by atoms with van der Waals surface area (Å²) in [6.07, 6.45) is 57.1. The van der Waals surface area contributed by atoms with Crippen molar-refractivity contribution in [2.45, 2.75) is 277 Å². The molecule has 0 N–H and O–H groups in total. The number of hydrogen-bond acceptors (Lipinski definition) is 6. The summed E-state index contributed by atoms with van der Waals surface area (Å²) in [5.74, 6) is -0.876. The Morgan fingerprint density at radius 1 is 0.350 bits per heavy atom. The molecule has 0 aromatic carbocycles. The molecular weight excluding hydrogens is 745 g/mol. The van der Waals surface area contributed by atoms with Crippen LogP contribution in [0, 0.1) is 0 Å². The zero-order chi connectivity index (χ0) is 43.7. The van der Waals surface area contributed by atoms with Gasteiger partial charge in [0, 0.05) is 19.3 Å². The predicted molar refractivity (Wildman–Crippen MR) is 256 cm³/mol. The van der Waals surface area contributed by atoms with Crippen LogP contribution in [0.3, 0.4) is 0 Å². The van der Waals surface area contributed by atoms with E-state index in [4.69, 9.17) is 14.2 Å². The number of carbonyl (C=O) groups excluding carboxylic acids is 3. The van der Waals surface area contributed by atoms with Gasteiger partial charge in [0.25, 0.3) is 0 Å². The van der Waals surface area contributed by atoms with Gasteiger partial charge in [0.05, 0.1) is 0 Å². The van der Waals surface area contributed by atoms with Gasteiger partial charge in [-0.15, -0.1) is 0 Å². The van der Waals surface area contributed by atoms with E-state index in [-0.39, 0.29) is 31.1 Å². The largest absolute Gasteiger partial charge is 0.462 e. The van der Waals surface area contributed by atoms with Crippen LogP contribution in [0.25, 0.3) is 0 Å². The van der Waals surface area contributed by atoms with Crippen LogP contribution < -0.4 is 0 Å². The second kappa shape index (κ2) is 49.3. The lowest BCUT2D eigenvalue weighted by Gasteiger charge is -2.18. The molecule has 0 saturated heterocycles. The Morgan fingerprint density at radius 3 is 1.00 bits per heavy atom. The van der Waals surface area contributed by atoms with E-state index in [1.807, 2.05) is 0 Å². The van der Waals surface area contributed by atoms with Crippen molar-refractivity contribution in [2.75, 3.05) is 13.2 Å². The molecule has 60 heavy (non-hydrogen) atoms. The highest BCUT2D eigenvalue weighted by Crippen LogP contribution is 2.16. The number of unbranched alkanes of at least 4 members (excludes halogenated alkanes) is 32. The quantitative estimate of drug-likeness (QED) is 0.0263. The van der Waals surface area contributed by atoms with Gasteiger partial charge in [-0.25, -0.2) is 0 Å². The molecule has 0 amide bonds. The van der Waals surface area contributed by atoms with Gasteiger partial charge in [-0.05, 0) is 38.5 Å². The monoisotopic (exact) mass is 843 g/mol. The fourth-order valence-corrected chi connectivity index (χ4v) is 7.56. The molecule has 1 unspecified atom stereocenters. The first-order chi connectivity index (χ1) is 29.5. The van der Waals surface area contributed by atoms with Crippen molar-refractivity contribution in [1.82, 2.24) is 0 Å². The highest BCUT2D eigenvalue weighted by atomic mass is 16.6. The van der Waals surface area contributed by atoms with Crippen molar-refractivity contribution in [1.29, 1.82) is 0 Å². The van der Waals surface area contributed by atoms with Crippen molar-refractivity contribution in [3.8, 4) is 0 Å². The fraction of sp³-hybridized carbons (Fsp3) is 0.833. The summed E-state index contributed by atoms with van der Waals surface area (Å²) in [6.45, 7) is 6.51. The van der Waals surface area contributed by atoms with E-state index in [2.05, 4.69) is 57.2 Å². The third-order valence-electron chi connectivity index (χ3n) is 11.5. The Morgan fingerprint density at radius 2 is 0.650 bits per heavy atom. The van der Waals surface area contributed by atoms with Crippen molar-refractivity contribution < 1.29 is 28.6 Å². The van der Waals surface area contributed by atoms with Crippen LogP contribution in [-0.2, 0) is 28.6 Å². The minimum Gasteiger partial charge on any atom is -0.462 e. The van der Waals surface area contributed by atoms with E-state index in [0.29, 0.717) is 19.3 Å². The number of rotatable bonds is 47. The maximum atomic E-state index is 12.8. The van der Waals surface area contributed by atoms with Crippen molar-refractivity contribution in [3.63, 3.8) is 0 Å². The molecule has 1 atom stereocenters. The summed E-state index contributed by atoms with van der Waals surface area (Å²) in [4.78, 5) is 37.9. The van der Waals surface area contributed by atoms with E-state index in [1.54, 1.807) is 0 Å². The van der Waals surface area contributed by atoms with Crippen LogP contribution in [0.15, 0.2) is 36.5 Å². The smallest absolute Gasteiger partial charge is 0.306 e. The minimum absolute atomic E-state index is 0.0731. The van der Waals surface area contributed by atoms with E-state index >= 15 is 0 Å². The van der Waals surface area contributed by atoms with Gasteiger partial charge in [0.1, 0.15) is 13.2 Å². The SMILES string of the molecule is CC\C=C/C=C\C=C/CCCCCCCCCC(=O)OC(COC(=O)CCCCCCCCCCC)COC(=O)CCCCCCCCCCCCCCCCCCCC. The van der Waals surface area contributed by atoms with Crippen LogP contribution in [0.4, 0.5) is 0 Å². The first-order valence-electron chi connectivity index (χ1n) is 26.0. The molecular formula is C54H98O6. The van der Waals surface area contributed by atoms with Crippen LogP contribution >= 0.6 is 0 Å². The molecule has 350 valence electrons. The number of hydrogen-bond donors (Lipinski definition) is 0. The molecule has 0 aliphatic rings. The molecule has 0 heterocycles. The highest BCUT2D eigenvalue weighted by Gasteiger charge is 2.19. The van der Waals surface area contributed by atoms with Crippen molar-refractivity contribution in [3.05, 3.63) is 36.5 Å². The molecule has 0 fully saturated rings. The number of carbonyl (C=O) groups is 3. The Bertz CT molecular complexity index is 1020.